The quantitative estimate of drug-likeness (QED) is 0.844. The summed E-state index contributed by atoms with van der Waals surface area (Å²) in [5.74, 6) is -0.435. The lowest BCUT2D eigenvalue weighted by Gasteiger charge is -2.07. The summed E-state index contributed by atoms with van der Waals surface area (Å²) in [5, 5.41) is 9.54. The second-order valence-corrected chi connectivity index (χ2v) is 3.50. The van der Waals surface area contributed by atoms with Gasteiger partial charge in [0.15, 0.2) is 0 Å². The van der Waals surface area contributed by atoms with Gasteiger partial charge in [0.1, 0.15) is 11.3 Å². The summed E-state index contributed by atoms with van der Waals surface area (Å²) >= 11 is 0. The van der Waals surface area contributed by atoms with E-state index in [0.29, 0.717) is 23.3 Å². The molecule has 0 aliphatic heterocycles. The van der Waals surface area contributed by atoms with Crippen LogP contribution in [0.5, 0.6) is 5.75 Å². The monoisotopic (exact) mass is 232 g/mol. The van der Waals surface area contributed by atoms with E-state index in [9.17, 15) is 4.79 Å². The van der Waals surface area contributed by atoms with Gasteiger partial charge in [-0.05, 0) is 25.1 Å². The Morgan fingerprint density at radius 3 is 2.94 bits per heavy atom. The normalized spacial score (nSPS) is 10.4. The highest BCUT2D eigenvalue weighted by atomic mass is 16.5. The number of benzene rings is 1. The number of carboxylic acids is 1. The van der Waals surface area contributed by atoms with Crippen molar-refractivity contribution in [2.24, 2.45) is 0 Å². The van der Waals surface area contributed by atoms with E-state index in [2.05, 4.69) is 4.98 Å². The number of hydrogen-bond acceptors (Lipinski definition) is 4. The van der Waals surface area contributed by atoms with E-state index < -0.39 is 5.97 Å². The molecule has 1 heterocycles. The first-order valence-electron chi connectivity index (χ1n) is 5.17. The number of aromatic carboxylic acids is 1. The Morgan fingerprint density at radius 1 is 1.53 bits per heavy atom. The number of nitrogens with zero attached hydrogens (tertiary/aromatic N) is 1. The molecule has 0 radical (unpaired) electrons. The van der Waals surface area contributed by atoms with Crippen molar-refractivity contribution < 1.29 is 14.6 Å². The predicted molar refractivity (Wildman–Crippen MR) is 64.3 cm³/mol. The Balaban J connectivity index is 2.64. The molecule has 1 aromatic heterocycles. The topological polar surface area (TPSA) is 85.4 Å². The molecule has 5 nitrogen and oxygen atoms in total. The maximum Gasteiger partial charge on any atom is 0.339 e. The lowest BCUT2D eigenvalue weighted by atomic mass is 10.1. The first kappa shape index (κ1) is 11.2. The van der Waals surface area contributed by atoms with Crippen molar-refractivity contribution in [3.63, 3.8) is 0 Å². The van der Waals surface area contributed by atoms with Crippen molar-refractivity contribution in [3.8, 4) is 5.75 Å². The maximum atomic E-state index is 10.9. The fourth-order valence-corrected chi connectivity index (χ4v) is 1.62. The SMILES string of the molecule is CCOc1ccc2ncc(C(=O)O)c(N)c2c1. The minimum Gasteiger partial charge on any atom is -0.494 e. The van der Waals surface area contributed by atoms with Crippen molar-refractivity contribution in [2.45, 2.75) is 6.92 Å². The number of carboxylic acid groups (broad SMARTS) is 1. The van der Waals surface area contributed by atoms with Gasteiger partial charge in [-0.25, -0.2) is 4.79 Å². The Kier molecular flexibility index (Phi) is 2.82. The second kappa shape index (κ2) is 4.29. The Labute approximate surface area is 97.8 Å². The minimum atomic E-state index is -1.08. The van der Waals surface area contributed by atoms with Gasteiger partial charge < -0.3 is 15.6 Å². The first-order chi connectivity index (χ1) is 8.13. The summed E-state index contributed by atoms with van der Waals surface area (Å²) in [7, 11) is 0. The van der Waals surface area contributed by atoms with Gasteiger partial charge in [-0.1, -0.05) is 0 Å². The summed E-state index contributed by atoms with van der Waals surface area (Å²) in [6.45, 7) is 2.41. The first-order valence-corrected chi connectivity index (χ1v) is 5.17. The van der Waals surface area contributed by atoms with Gasteiger partial charge in [-0.2, -0.15) is 0 Å². The number of anilines is 1. The van der Waals surface area contributed by atoms with Crippen LogP contribution < -0.4 is 10.5 Å². The molecule has 0 aliphatic carbocycles. The molecule has 0 aliphatic rings. The zero-order chi connectivity index (χ0) is 12.4. The molecule has 3 N–H and O–H groups in total. The number of nitrogens with two attached hydrogens (primary N) is 1. The van der Waals surface area contributed by atoms with Gasteiger partial charge in [0, 0.05) is 11.6 Å². The van der Waals surface area contributed by atoms with Gasteiger partial charge in [0.05, 0.1) is 17.8 Å². The van der Waals surface area contributed by atoms with Crippen molar-refractivity contribution in [3.05, 3.63) is 30.0 Å². The smallest absolute Gasteiger partial charge is 0.339 e. The van der Waals surface area contributed by atoms with Crippen LogP contribution in [0, 0.1) is 0 Å². The van der Waals surface area contributed by atoms with Gasteiger partial charge >= 0.3 is 5.97 Å². The number of carbonyl (C=O) groups is 1. The van der Waals surface area contributed by atoms with Crippen LogP contribution in [-0.4, -0.2) is 22.7 Å². The molecule has 0 saturated heterocycles. The molecule has 0 bridgehead atoms. The van der Waals surface area contributed by atoms with Crippen molar-refractivity contribution in [2.75, 3.05) is 12.3 Å². The molecule has 0 unspecified atom stereocenters. The maximum absolute atomic E-state index is 10.9. The third-order valence-electron chi connectivity index (χ3n) is 2.42. The molecule has 1 aromatic carbocycles. The molecule has 5 heteroatoms. The van der Waals surface area contributed by atoms with Crippen LogP contribution in [0.4, 0.5) is 5.69 Å². The van der Waals surface area contributed by atoms with E-state index >= 15 is 0 Å². The fraction of sp³-hybridized carbons (Fsp3) is 0.167. The largest absolute Gasteiger partial charge is 0.494 e. The molecule has 0 fully saturated rings. The van der Waals surface area contributed by atoms with Gasteiger partial charge in [-0.3, -0.25) is 4.98 Å². The van der Waals surface area contributed by atoms with Crippen LogP contribution in [0.1, 0.15) is 17.3 Å². The number of ether oxygens (including phenoxy) is 1. The van der Waals surface area contributed by atoms with E-state index in [1.807, 2.05) is 6.92 Å². The third kappa shape index (κ3) is 1.99. The molecule has 2 rings (SSSR count). The molecule has 0 atom stereocenters. The standard InChI is InChI=1S/C12H12N2O3/c1-2-17-7-3-4-10-8(5-7)11(13)9(6-14-10)12(15)16/h3-6H,2H2,1H3,(H2,13,14)(H,15,16). The average molecular weight is 232 g/mol. The minimum absolute atomic E-state index is 0.00569. The zero-order valence-electron chi connectivity index (χ0n) is 9.30. The third-order valence-corrected chi connectivity index (χ3v) is 2.42. The highest BCUT2D eigenvalue weighted by molar-refractivity contribution is 6.03. The number of aromatic nitrogens is 1. The highest BCUT2D eigenvalue weighted by Crippen LogP contribution is 2.26. The van der Waals surface area contributed by atoms with Gasteiger partial charge in [-0.15, -0.1) is 0 Å². The summed E-state index contributed by atoms with van der Waals surface area (Å²) in [6.07, 6.45) is 1.26. The van der Waals surface area contributed by atoms with Crippen LogP contribution >= 0.6 is 0 Å². The number of rotatable bonds is 3. The second-order valence-electron chi connectivity index (χ2n) is 3.50. The molecular formula is C12H12N2O3. The molecule has 17 heavy (non-hydrogen) atoms. The van der Waals surface area contributed by atoms with Crippen molar-refractivity contribution in [1.29, 1.82) is 0 Å². The Bertz CT molecular complexity index is 581. The van der Waals surface area contributed by atoms with Crippen LogP contribution in [-0.2, 0) is 0 Å². The van der Waals surface area contributed by atoms with E-state index in [-0.39, 0.29) is 11.3 Å². The Hall–Kier alpha value is -2.30. The lowest BCUT2D eigenvalue weighted by Crippen LogP contribution is -2.04. The number of hydrogen-bond donors (Lipinski definition) is 2. The molecule has 2 aromatic rings. The summed E-state index contributed by atoms with van der Waals surface area (Å²) in [4.78, 5) is 15.0. The molecule has 0 saturated carbocycles. The molecular weight excluding hydrogens is 220 g/mol. The van der Waals surface area contributed by atoms with Crippen LogP contribution in [0.2, 0.25) is 0 Å². The summed E-state index contributed by atoms with van der Waals surface area (Å²) < 4.78 is 5.34. The van der Waals surface area contributed by atoms with Crippen molar-refractivity contribution >= 4 is 22.6 Å². The van der Waals surface area contributed by atoms with Crippen LogP contribution in [0.3, 0.4) is 0 Å². The number of nitrogen functional groups attached to an aromatic ring is 1. The fourth-order valence-electron chi connectivity index (χ4n) is 1.62. The van der Waals surface area contributed by atoms with Crippen LogP contribution in [0.15, 0.2) is 24.4 Å². The summed E-state index contributed by atoms with van der Waals surface area (Å²) in [6, 6.07) is 5.23. The highest BCUT2D eigenvalue weighted by Gasteiger charge is 2.12. The van der Waals surface area contributed by atoms with Gasteiger partial charge in [0.2, 0.25) is 0 Å². The van der Waals surface area contributed by atoms with E-state index in [1.54, 1.807) is 18.2 Å². The molecule has 88 valence electrons. The molecule has 0 spiro atoms. The summed E-state index contributed by atoms with van der Waals surface area (Å²) in [5.41, 5.74) is 6.68. The van der Waals surface area contributed by atoms with E-state index in [4.69, 9.17) is 15.6 Å². The van der Waals surface area contributed by atoms with E-state index in [0.717, 1.165) is 0 Å². The average Bonchev–Trinajstić information content (AvgIpc) is 2.30. The van der Waals surface area contributed by atoms with E-state index in [1.165, 1.54) is 6.20 Å². The lowest BCUT2D eigenvalue weighted by molar-refractivity contribution is 0.0698. The predicted octanol–water partition coefficient (Wildman–Crippen LogP) is 1.91. The van der Waals surface area contributed by atoms with Crippen molar-refractivity contribution in [1.82, 2.24) is 4.98 Å². The molecule has 0 amide bonds. The number of pyridine rings is 1. The Morgan fingerprint density at radius 2 is 2.29 bits per heavy atom. The number of fused-ring (bicyclic) bond motifs is 1. The van der Waals surface area contributed by atoms with Crippen LogP contribution in [0.25, 0.3) is 10.9 Å². The zero-order valence-corrected chi connectivity index (χ0v) is 9.30. The van der Waals surface area contributed by atoms with Gasteiger partial charge in [0.25, 0.3) is 0 Å².